The van der Waals surface area contributed by atoms with Gasteiger partial charge in [-0.25, -0.2) is 4.98 Å². The largest absolute Gasteiger partial charge is 0.309 e. The number of hydrogen-bond donors (Lipinski definition) is 1. The molecule has 6 nitrogen and oxygen atoms in total. The van der Waals surface area contributed by atoms with Gasteiger partial charge in [-0.15, -0.1) is 21.5 Å². The first-order chi connectivity index (χ1) is 14.5. The van der Waals surface area contributed by atoms with Crippen LogP contribution in [0.5, 0.6) is 0 Å². The van der Waals surface area contributed by atoms with Crippen molar-refractivity contribution in [2.45, 2.75) is 88.6 Å². The molecule has 0 bridgehead atoms. The van der Waals surface area contributed by atoms with Crippen molar-refractivity contribution in [1.82, 2.24) is 24.7 Å². The highest BCUT2D eigenvalue weighted by Gasteiger charge is 2.26. The van der Waals surface area contributed by atoms with Crippen molar-refractivity contribution in [3.63, 3.8) is 0 Å². The molecular weight excluding hydrogens is 414 g/mol. The second-order valence-corrected chi connectivity index (χ2v) is 11.3. The molecule has 0 aromatic carbocycles. The second kappa shape index (κ2) is 8.11. The van der Waals surface area contributed by atoms with Crippen LogP contribution in [0, 0.1) is 12.8 Å². The maximum absolute atomic E-state index is 13.0. The summed E-state index contributed by atoms with van der Waals surface area (Å²) in [5.41, 5.74) is 1.25. The van der Waals surface area contributed by atoms with E-state index in [1.807, 2.05) is 6.92 Å². The summed E-state index contributed by atoms with van der Waals surface area (Å²) in [6, 6.07) is 0.490. The van der Waals surface area contributed by atoms with Crippen LogP contribution in [0.15, 0.2) is 9.95 Å². The molecule has 30 heavy (non-hydrogen) atoms. The van der Waals surface area contributed by atoms with E-state index in [2.05, 4.69) is 33.6 Å². The van der Waals surface area contributed by atoms with Crippen molar-refractivity contribution in [1.29, 1.82) is 0 Å². The number of aryl methyl sites for hydroxylation is 2. The van der Waals surface area contributed by atoms with Gasteiger partial charge >= 0.3 is 0 Å². The van der Waals surface area contributed by atoms with Gasteiger partial charge in [0.25, 0.3) is 5.56 Å². The number of H-pyrrole nitrogens is 1. The van der Waals surface area contributed by atoms with Gasteiger partial charge in [0.1, 0.15) is 16.5 Å². The first-order valence-electron chi connectivity index (χ1n) is 11.1. The topological polar surface area (TPSA) is 76.5 Å². The maximum Gasteiger partial charge on any atom is 0.259 e. The molecule has 0 aliphatic heterocycles. The summed E-state index contributed by atoms with van der Waals surface area (Å²) < 4.78 is 2.31. The maximum atomic E-state index is 13.0. The SMILES string of the molecule is Cc1nnc(SC(C)c2nc3sc4c(c3c(=O)[nH]2)CCC(C)C4)n1C1CCCCC1. The number of rotatable bonds is 4. The molecule has 2 aliphatic rings. The Kier molecular flexibility index (Phi) is 5.47. The fourth-order valence-corrected chi connectivity index (χ4v) is 7.37. The Morgan fingerprint density at radius 2 is 2.00 bits per heavy atom. The minimum Gasteiger partial charge on any atom is -0.309 e. The quantitative estimate of drug-likeness (QED) is 0.549. The van der Waals surface area contributed by atoms with E-state index in [4.69, 9.17) is 4.98 Å². The number of thioether (sulfide) groups is 1. The Balaban J connectivity index is 1.45. The Labute approximate surface area is 184 Å². The highest BCUT2D eigenvalue weighted by Crippen LogP contribution is 2.39. The lowest BCUT2D eigenvalue weighted by Crippen LogP contribution is -2.16. The number of aromatic nitrogens is 5. The molecule has 1 N–H and O–H groups in total. The van der Waals surface area contributed by atoms with E-state index in [0.717, 1.165) is 46.3 Å². The van der Waals surface area contributed by atoms with E-state index in [1.165, 1.54) is 42.5 Å². The molecule has 2 unspecified atom stereocenters. The number of aromatic amines is 1. The van der Waals surface area contributed by atoms with E-state index in [1.54, 1.807) is 23.1 Å². The normalized spacial score (nSPS) is 21.1. The Hall–Kier alpha value is -1.67. The van der Waals surface area contributed by atoms with Crippen LogP contribution in [-0.2, 0) is 12.8 Å². The minimum absolute atomic E-state index is 0.00564. The van der Waals surface area contributed by atoms with Crippen LogP contribution < -0.4 is 5.56 Å². The van der Waals surface area contributed by atoms with Crippen molar-refractivity contribution in [3.8, 4) is 0 Å². The standard InChI is InChI=1S/C22H29N5OS2/c1-12-9-10-16-17(11-12)30-21-18(16)20(28)23-19(24-21)13(2)29-22-26-25-14(3)27(22)15-7-5-4-6-8-15/h12-13,15H,4-11H2,1-3H3,(H,23,24,28). The molecule has 3 heterocycles. The highest BCUT2D eigenvalue weighted by atomic mass is 32.2. The molecule has 3 aromatic heterocycles. The Bertz CT molecular complexity index is 1120. The van der Waals surface area contributed by atoms with E-state index in [0.29, 0.717) is 12.0 Å². The number of thiophene rings is 1. The summed E-state index contributed by atoms with van der Waals surface area (Å²) in [6.45, 7) is 6.43. The zero-order valence-corrected chi connectivity index (χ0v) is 19.5. The summed E-state index contributed by atoms with van der Waals surface area (Å²) in [4.78, 5) is 23.2. The summed E-state index contributed by atoms with van der Waals surface area (Å²) in [7, 11) is 0. The van der Waals surface area contributed by atoms with Gasteiger partial charge in [0.05, 0.1) is 10.6 Å². The zero-order valence-electron chi connectivity index (χ0n) is 17.9. The molecule has 8 heteroatoms. The molecular formula is C22H29N5OS2. The van der Waals surface area contributed by atoms with Gasteiger partial charge in [-0.1, -0.05) is 37.9 Å². The van der Waals surface area contributed by atoms with Crippen LogP contribution in [0.25, 0.3) is 10.2 Å². The Morgan fingerprint density at radius 1 is 1.20 bits per heavy atom. The van der Waals surface area contributed by atoms with Gasteiger partial charge in [-0.05, 0) is 57.4 Å². The van der Waals surface area contributed by atoms with E-state index < -0.39 is 0 Å². The molecule has 2 atom stereocenters. The van der Waals surface area contributed by atoms with E-state index in [9.17, 15) is 4.79 Å². The van der Waals surface area contributed by atoms with Gasteiger partial charge in [-0.2, -0.15) is 0 Å². The summed E-state index contributed by atoms with van der Waals surface area (Å²) in [5, 5.41) is 10.6. The van der Waals surface area contributed by atoms with Crippen molar-refractivity contribution in [3.05, 3.63) is 32.4 Å². The fourth-order valence-electron chi connectivity index (χ4n) is 4.96. The lowest BCUT2D eigenvalue weighted by molar-refractivity contribution is 0.332. The van der Waals surface area contributed by atoms with Crippen LogP contribution in [0.4, 0.5) is 0 Å². The van der Waals surface area contributed by atoms with Crippen molar-refractivity contribution in [2.75, 3.05) is 0 Å². The molecule has 3 aromatic rings. The number of nitrogens with zero attached hydrogens (tertiary/aromatic N) is 4. The number of fused-ring (bicyclic) bond motifs is 3. The second-order valence-electron chi connectivity index (χ2n) is 8.93. The van der Waals surface area contributed by atoms with Crippen LogP contribution in [0.1, 0.15) is 85.8 Å². The van der Waals surface area contributed by atoms with Gasteiger partial charge in [0.2, 0.25) is 0 Å². The third-order valence-electron chi connectivity index (χ3n) is 6.63. The van der Waals surface area contributed by atoms with E-state index in [-0.39, 0.29) is 10.8 Å². The molecule has 0 radical (unpaired) electrons. The molecule has 0 amide bonds. The summed E-state index contributed by atoms with van der Waals surface area (Å²) in [6.07, 6.45) is 9.48. The van der Waals surface area contributed by atoms with Gasteiger partial charge in [-0.3, -0.25) is 4.79 Å². The molecule has 160 valence electrons. The smallest absolute Gasteiger partial charge is 0.259 e. The molecule has 0 saturated heterocycles. The van der Waals surface area contributed by atoms with Crippen LogP contribution in [0.2, 0.25) is 0 Å². The third kappa shape index (κ3) is 3.62. The van der Waals surface area contributed by atoms with Crippen LogP contribution in [0.3, 0.4) is 0 Å². The first-order valence-corrected chi connectivity index (χ1v) is 12.8. The average Bonchev–Trinajstić information content (AvgIpc) is 3.28. The average molecular weight is 444 g/mol. The number of hydrogen-bond acceptors (Lipinski definition) is 6. The molecule has 5 rings (SSSR count). The highest BCUT2D eigenvalue weighted by molar-refractivity contribution is 7.99. The summed E-state index contributed by atoms with van der Waals surface area (Å²) >= 11 is 3.36. The molecule has 1 fully saturated rings. The van der Waals surface area contributed by atoms with Crippen LogP contribution in [-0.4, -0.2) is 24.7 Å². The van der Waals surface area contributed by atoms with Gasteiger partial charge in [0.15, 0.2) is 5.16 Å². The molecule has 2 aliphatic carbocycles. The monoisotopic (exact) mass is 443 g/mol. The van der Waals surface area contributed by atoms with Crippen molar-refractivity contribution >= 4 is 33.3 Å². The fraction of sp³-hybridized carbons (Fsp3) is 0.636. The van der Waals surface area contributed by atoms with E-state index >= 15 is 0 Å². The van der Waals surface area contributed by atoms with Crippen LogP contribution >= 0.6 is 23.1 Å². The first kappa shape index (κ1) is 20.2. The minimum atomic E-state index is 0.00564. The van der Waals surface area contributed by atoms with Crippen molar-refractivity contribution in [2.24, 2.45) is 5.92 Å². The lowest BCUT2D eigenvalue weighted by atomic mass is 9.89. The van der Waals surface area contributed by atoms with Gasteiger partial charge in [0, 0.05) is 10.9 Å². The zero-order chi connectivity index (χ0) is 20.8. The number of nitrogens with one attached hydrogen (secondary N) is 1. The third-order valence-corrected chi connectivity index (χ3v) is 8.84. The molecule has 1 saturated carbocycles. The van der Waals surface area contributed by atoms with Crippen molar-refractivity contribution < 1.29 is 0 Å². The summed E-state index contributed by atoms with van der Waals surface area (Å²) in [5.74, 6) is 2.40. The van der Waals surface area contributed by atoms with Gasteiger partial charge < -0.3 is 9.55 Å². The Morgan fingerprint density at radius 3 is 2.80 bits per heavy atom. The predicted octanol–water partition coefficient (Wildman–Crippen LogP) is 5.37. The molecule has 0 spiro atoms. The predicted molar refractivity (Wildman–Crippen MR) is 123 cm³/mol. The lowest BCUT2D eigenvalue weighted by Gasteiger charge is -2.25.